The van der Waals surface area contributed by atoms with Crippen LogP contribution >= 0.6 is 0 Å². The van der Waals surface area contributed by atoms with Crippen molar-refractivity contribution in [2.24, 2.45) is 0 Å². The molecule has 0 aliphatic carbocycles. The summed E-state index contributed by atoms with van der Waals surface area (Å²) in [4.78, 5) is 2.78. The van der Waals surface area contributed by atoms with E-state index >= 15 is 0 Å². The summed E-state index contributed by atoms with van der Waals surface area (Å²) in [5, 5.41) is 0. The fourth-order valence-corrected chi connectivity index (χ4v) is 4.73. The smallest absolute Gasteiger partial charge is 0.243 e. The lowest BCUT2D eigenvalue weighted by molar-refractivity contribution is 0.108. The minimum atomic E-state index is -3.39. The molecule has 1 unspecified atom stereocenters. The average Bonchev–Trinajstić information content (AvgIpc) is 2.63. The number of sulfonamides is 1. The highest BCUT2D eigenvalue weighted by atomic mass is 32.2. The maximum absolute atomic E-state index is 12.8. The Hall–Kier alpha value is -1.69. The van der Waals surface area contributed by atoms with E-state index in [-0.39, 0.29) is 6.04 Å². The zero-order chi connectivity index (χ0) is 17.0. The van der Waals surface area contributed by atoms with Crippen molar-refractivity contribution in [1.82, 2.24) is 9.21 Å². The molecule has 1 fully saturated rings. The summed E-state index contributed by atoms with van der Waals surface area (Å²) < 4.78 is 27.3. The van der Waals surface area contributed by atoms with E-state index in [1.54, 1.807) is 28.6 Å². The van der Waals surface area contributed by atoms with Crippen molar-refractivity contribution in [3.8, 4) is 0 Å². The van der Waals surface area contributed by atoms with E-state index in [1.807, 2.05) is 24.3 Å². The van der Waals surface area contributed by atoms with E-state index < -0.39 is 10.0 Å². The molecular weight excluding hydrogens is 320 g/mol. The van der Waals surface area contributed by atoms with Crippen molar-refractivity contribution in [2.75, 3.05) is 19.6 Å². The molecular formula is C19H24N2O2S. The number of hydrogen-bond acceptors (Lipinski definition) is 3. The van der Waals surface area contributed by atoms with Crippen LogP contribution in [0.3, 0.4) is 0 Å². The lowest BCUT2D eigenvalue weighted by Crippen LogP contribution is -2.53. The summed E-state index contributed by atoms with van der Waals surface area (Å²) in [5.74, 6) is 0. The topological polar surface area (TPSA) is 40.6 Å². The van der Waals surface area contributed by atoms with Gasteiger partial charge in [0.15, 0.2) is 0 Å². The third-order valence-electron chi connectivity index (χ3n) is 4.65. The highest BCUT2D eigenvalue weighted by Gasteiger charge is 2.33. The molecule has 1 atom stereocenters. The van der Waals surface area contributed by atoms with Crippen LogP contribution in [-0.4, -0.2) is 43.3 Å². The normalized spacial score (nSPS) is 20.1. The van der Waals surface area contributed by atoms with Crippen LogP contribution in [0.25, 0.3) is 0 Å². The van der Waals surface area contributed by atoms with Gasteiger partial charge in [-0.15, -0.1) is 0 Å². The van der Waals surface area contributed by atoms with Crippen LogP contribution in [-0.2, 0) is 16.6 Å². The molecule has 5 heteroatoms. The Balaban J connectivity index is 1.73. The Labute approximate surface area is 144 Å². The minimum absolute atomic E-state index is 0.248. The lowest BCUT2D eigenvalue weighted by Gasteiger charge is -2.40. The molecule has 0 aromatic heterocycles. The molecule has 1 aliphatic rings. The maximum atomic E-state index is 12.8. The molecule has 0 N–H and O–H groups in total. The predicted molar refractivity (Wildman–Crippen MR) is 96.1 cm³/mol. The second kappa shape index (κ2) is 7.47. The SMILES string of the molecule is CCC1CN(S(=O)(=O)c2ccccc2)CCN1Cc1ccccc1. The molecule has 1 heterocycles. The molecule has 2 aromatic carbocycles. The first-order chi connectivity index (χ1) is 11.6. The lowest BCUT2D eigenvalue weighted by atomic mass is 10.1. The Kier molecular flexibility index (Phi) is 5.33. The van der Waals surface area contributed by atoms with Gasteiger partial charge in [-0.25, -0.2) is 8.42 Å². The van der Waals surface area contributed by atoms with Gasteiger partial charge in [-0.3, -0.25) is 4.90 Å². The standard InChI is InChI=1S/C19H24N2O2S/c1-2-18-16-21(24(22,23)19-11-7-4-8-12-19)14-13-20(18)15-17-9-5-3-6-10-17/h3-12,18H,2,13-16H2,1H3. The summed E-state index contributed by atoms with van der Waals surface area (Å²) in [6.07, 6.45) is 0.938. The number of nitrogens with zero attached hydrogens (tertiary/aromatic N) is 2. The largest absolute Gasteiger partial charge is 0.294 e. The molecule has 4 nitrogen and oxygen atoms in total. The van der Waals surface area contributed by atoms with Gasteiger partial charge < -0.3 is 0 Å². The number of rotatable bonds is 5. The molecule has 0 bridgehead atoms. The first-order valence-corrected chi connectivity index (χ1v) is 9.88. The van der Waals surface area contributed by atoms with Crippen molar-refractivity contribution in [2.45, 2.75) is 30.8 Å². The zero-order valence-electron chi connectivity index (χ0n) is 14.0. The molecule has 1 aliphatic heterocycles. The molecule has 0 saturated carbocycles. The van der Waals surface area contributed by atoms with Gasteiger partial charge >= 0.3 is 0 Å². The molecule has 128 valence electrons. The maximum Gasteiger partial charge on any atom is 0.243 e. The van der Waals surface area contributed by atoms with Crippen LogP contribution in [0.15, 0.2) is 65.6 Å². The van der Waals surface area contributed by atoms with Crippen molar-refractivity contribution in [1.29, 1.82) is 0 Å². The molecule has 0 radical (unpaired) electrons. The van der Waals surface area contributed by atoms with Crippen LogP contribution in [0.2, 0.25) is 0 Å². The zero-order valence-corrected chi connectivity index (χ0v) is 14.8. The van der Waals surface area contributed by atoms with E-state index in [9.17, 15) is 8.42 Å². The first-order valence-electron chi connectivity index (χ1n) is 8.44. The van der Waals surface area contributed by atoms with E-state index in [0.29, 0.717) is 18.0 Å². The van der Waals surface area contributed by atoms with Crippen molar-refractivity contribution < 1.29 is 8.42 Å². The van der Waals surface area contributed by atoms with E-state index in [0.717, 1.165) is 19.5 Å². The monoisotopic (exact) mass is 344 g/mol. The molecule has 3 rings (SSSR count). The van der Waals surface area contributed by atoms with Crippen molar-refractivity contribution >= 4 is 10.0 Å². The third kappa shape index (κ3) is 3.69. The van der Waals surface area contributed by atoms with Crippen LogP contribution in [0.1, 0.15) is 18.9 Å². The van der Waals surface area contributed by atoms with E-state index in [1.165, 1.54) is 5.56 Å². The Morgan fingerprint density at radius 3 is 2.21 bits per heavy atom. The van der Waals surface area contributed by atoms with E-state index in [2.05, 4.69) is 24.0 Å². The summed E-state index contributed by atoms with van der Waals surface area (Å²) in [6, 6.07) is 19.3. The van der Waals surface area contributed by atoms with Crippen LogP contribution in [0.4, 0.5) is 0 Å². The summed E-state index contributed by atoms with van der Waals surface area (Å²) in [5.41, 5.74) is 1.27. The van der Waals surface area contributed by atoms with Gasteiger partial charge in [0.05, 0.1) is 4.90 Å². The number of hydrogen-bond donors (Lipinski definition) is 0. The van der Waals surface area contributed by atoms with Gasteiger partial charge in [-0.1, -0.05) is 55.5 Å². The minimum Gasteiger partial charge on any atom is -0.294 e. The summed E-state index contributed by atoms with van der Waals surface area (Å²) in [7, 11) is -3.39. The van der Waals surface area contributed by atoms with Gasteiger partial charge in [0.2, 0.25) is 10.0 Å². The van der Waals surface area contributed by atoms with Gasteiger partial charge in [0.1, 0.15) is 0 Å². The molecule has 0 amide bonds. The molecule has 0 spiro atoms. The molecule has 1 saturated heterocycles. The fraction of sp³-hybridized carbons (Fsp3) is 0.368. The second-order valence-corrected chi connectivity index (χ2v) is 8.13. The van der Waals surface area contributed by atoms with Crippen molar-refractivity contribution in [3.63, 3.8) is 0 Å². The summed E-state index contributed by atoms with van der Waals surface area (Å²) in [6.45, 7) is 4.86. The van der Waals surface area contributed by atoms with Crippen LogP contribution in [0.5, 0.6) is 0 Å². The van der Waals surface area contributed by atoms with Crippen LogP contribution < -0.4 is 0 Å². The average molecular weight is 344 g/mol. The Morgan fingerprint density at radius 2 is 1.58 bits per heavy atom. The predicted octanol–water partition coefficient (Wildman–Crippen LogP) is 2.97. The van der Waals surface area contributed by atoms with Gasteiger partial charge in [-0.2, -0.15) is 4.31 Å². The van der Waals surface area contributed by atoms with Crippen molar-refractivity contribution in [3.05, 3.63) is 66.2 Å². The van der Waals surface area contributed by atoms with Gasteiger partial charge in [0.25, 0.3) is 0 Å². The van der Waals surface area contributed by atoms with Gasteiger partial charge in [-0.05, 0) is 24.1 Å². The van der Waals surface area contributed by atoms with E-state index in [4.69, 9.17) is 0 Å². The highest BCUT2D eigenvalue weighted by Crippen LogP contribution is 2.22. The fourth-order valence-electron chi connectivity index (χ4n) is 3.24. The van der Waals surface area contributed by atoms with Gasteiger partial charge in [0, 0.05) is 32.2 Å². The first kappa shape index (κ1) is 17.1. The Morgan fingerprint density at radius 1 is 0.958 bits per heavy atom. The number of piperazine rings is 1. The summed E-state index contributed by atoms with van der Waals surface area (Å²) >= 11 is 0. The Bertz CT molecular complexity index is 747. The highest BCUT2D eigenvalue weighted by molar-refractivity contribution is 7.89. The quantitative estimate of drug-likeness (QED) is 0.837. The van der Waals surface area contributed by atoms with Crippen LogP contribution in [0, 0.1) is 0 Å². The molecule has 24 heavy (non-hydrogen) atoms. The second-order valence-electron chi connectivity index (χ2n) is 6.19. The number of benzene rings is 2. The molecule has 2 aromatic rings. The third-order valence-corrected chi connectivity index (χ3v) is 6.53.